The van der Waals surface area contributed by atoms with E-state index < -0.39 is 4.92 Å². The molecule has 0 radical (unpaired) electrons. The molecule has 0 saturated carbocycles. The molecule has 1 aromatic rings. The quantitative estimate of drug-likeness (QED) is 0.485. The maximum Gasteiger partial charge on any atom is 0.282 e. The maximum absolute atomic E-state index is 11.4. The lowest BCUT2D eigenvalue weighted by Gasteiger charge is -2.33. The monoisotopic (exact) mass is 294 g/mol. The van der Waals surface area contributed by atoms with Gasteiger partial charge in [-0.1, -0.05) is 6.92 Å². The summed E-state index contributed by atoms with van der Waals surface area (Å²) in [6.07, 6.45) is 1.09. The molecule has 1 aromatic carbocycles. The van der Waals surface area contributed by atoms with Crippen molar-refractivity contribution in [3.05, 3.63) is 33.9 Å². The van der Waals surface area contributed by atoms with E-state index in [2.05, 4.69) is 11.8 Å². The Balaban J connectivity index is 2.31. The van der Waals surface area contributed by atoms with E-state index in [9.17, 15) is 14.9 Å². The number of nitrogens with zero attached hydrogens (tertiary/aromatic N) is 2. The van der Waals surface area contributed by atoms with Crippen LogP contribution in [0.15, 0.2) is 18.2 Å². The molecule has 1 atom stereocenters. The van der Waals surface area contributed by atoms with Crippen LogP contribution in [0.2, 0.25) is 0 Å². The minimum Gasteiger partial charge on any atom is -0.369 e. The van der Waals surface area contributed by atoms with Crippen molar-refractivity contribution in [2.24, 2.45) is 0 Å². The first-order valence-electron chi connectivity index (χ1n) is 6.68. The molecule has 6 heteroatoms. The number of ketones is 1. The number of hydrogen-bond donors (Lipinski definition) is 0. The minimum atomic E-state index is -0.476. The minimum absolute atomic E-state index is 0.0960. The van der Waals surface area contributed by atoms with Crippen molar-refractivity contribution in [2.75, 3.05) is 23.7 Å². The lowest BCUT2D eigenvalue weighted by Crippen LogP contribution is -2.37. The van der Waals surface area contributed by atoms with Gasteiger partial charge in [0.05, 0.1) is 10.5 Å². The molecule has 2 rings (SSSR count). The van der Waals surface area contributed by atoms with Crippen molar-refractivity contribution in [1.82, 2.24) is 0 Å². The predicted molar refractivity (Wildman–Crippen MR) is 81.9 cm³/mol. The summed E-state index contributed by atoms with van der Waals surface area (Å²) in [7, 11) is 0. The van der Waals surface area contributed by atoms with Gasteiger partial charge in [-0.15, -0.1) is 0 Å². The number of benzene rings is 1. The lowest BCUT2D eigenvalue weighted by atomic mass is 10.1. The van der Waals surface area contributed by atoms with Crippen LogP contribution in [-0.2, 0) is 0 Å². The molecule has 1 fully saturated rings. The summed E-state index contributed by atoms with van der Waals surface area (Å²) < 4.78 is 0. The third kappa shape index (κ3) is 3.12. The number of thioether (sulfide) groups is 1. The van der Waals surface area contributed by atoms with Gasteiger partial charge in [0, 0.05) is 35.8 Å². The molecule has 108 valence electrons. The number of carbonyl (C=O) groups excluding carboxylic acids is 1. The first-order chi connectivity index (χ1) is 9.52. The molecule has 1 aliphatic rings. The summed E-state index contributed by atoms with van der Waals surface area (Å²) in [6.45, 7) is 5.30. The number of nitro benzene ring substituents is 1. The van der Waals surface area contributed by atoms with Gasteiger partial charge < -0.3 is 4.90 Å². The van der Waals surface area contributed by atoms with Crippen molar-refractivity contribution >= 4 is 28.9 Å². The van der Waals surface area contributed by atoms with Crippen LogP contribution < -0.4 is 4.90 Å². The largest absolute Gasteiger partial charge is 0.369 e. The second kappa shape index (κ2) is 6.26. The topological polar surface area (TPSA) is 63.5 Å². The molecule has 20 heavy (non-hydrogen) atoms. The van der Waals surface area contributed by atoms with Gasteiger partial charge in [-0.05, 0) is 25.5 Å². The summed E-state index contributed by atoms with van der Waals surface area (Å²) in [6, 6.07) is 4.91. The zero-order valence-corrected chi connectivity index (χ0v) is 12.5. The van der Waals surface area contributed by atoms with Crippen LogP contribution in [0.5, 0.6) is 0 Å². The van der Waals surface area contributed by atoms with E-state index in [0.29, 0.717) is 5.25 Å². The summed E-state index contributed by atoms with van der Waals surface area (Å²) in [5.74, 6) is 0.754. The fourth-order valence-corrected chi connectivity index (χ4v) is 3.55. The van der Waals surface area contributed by atoms with Crippen molar-refractivity contribution < 1.29 is 9.72 Å². The van der Waals surface area contributed by atoms with Crippen molar-refractivity contribution in [3.63, 3.8) is 0 Å². The van der Waals surface area contributed by atoms with Crippen molar-refractivity contribution in [3.8, 4) is 0 Å². The van der Waals surface area contributed by atoms with Gasteiger partial charge in [0.25, 0.3) is 5.69 Å². The predicted octanol–water partition coefficient (Wildman–Crippen LogP) is 3.13. The molecule has 1 aliphatic heterocycles. The molecule has 1 heterocycles. The zero-order valence-electron chi connectivity index (χ0n) is 11.7. The fourth-order valence-electron chi connectivity index (χ4n) is 2.37. The van der Waals surface area contributed by atoms with E-state index in [1.54, 1.807) is 6.07 Å². The highest BCUT2D eigenvalue weighted by Gasteiger charge is 2.23. The van der Waals surface area contributed by atoms with Gasteiger partial charge in [0.1, 0.15) is 0 Å². The maximum atomic E-state index is 11.4. The molecule has 0 aliphatic carbocycles. The first kappa shape index (κ1) is 14.8. The molecular formula is C14H18N2O3S. The number of anilines is 1. The van der Waals surface area contributed by atoms with E-state index in [0.717, 1.165) is 31.0 Å². The summed E-state index contributed by atoms with van der Waals surface area (Å²) in [5.41, 5.74) is 0.916. The highest BCUT2D eigenvalue weighted by Crippen LogP contribution is 2.30. The molecule has 0 spiro atoms. The van der Waals surface area contributed by atoms with Crippen LogP contribution >= 0.6 is 11.8 Å². The van der Waals surface area contributed by atoms with Gasteiger partial charge in [0.2, 0.25) is 0 Å². The molecule has 0 bridgehead atoms. The molecular weight excluding hydrogens is 276 g/mol. The number of hydrogen-bond acceptors (Lipinski definition) is 5. The average Bonchev–Trinajstić information content (AvgIpc) is 2.46. The van der Waals surface area contributed by atoms with Crippen molar-refractivity contribution in [1.29, 1.82) is 0 Å². The standard InChI is InChI=1S/C14H18N2O3S/c1-3-12-9-15(6-7-20-12)11-4-5-13(10(2)17)14(8-11)16(18)19/h4-5,8,12H,3,6-7,9H2,1-2H3. The molecule has 0 N–H and O–H groups in total. The van der Waals surface area contributed by atoms with Gasteiger partial charge in [-0.2, -0.15) is 11.8 Å². The van der Waals surface area contributed by atoms with E-state index >= 15 is 0 Å². The highest BCUT2D eigenvalue weighted by molar-refractivity contribution is 8.00. The Morgan fingerprint density at radius 1 is 1.55 bits per heavy atom. The first-order valence-corrected chi connectivity index (χ1v) is 7.73. The fraction of sp³-hybridized carbons (Fsp3) is 0.500. The summed E-state index contributed by atoms with van der Waals surface area (Å²) in [4.78, 5) is 24.2. The Labute approximate surface area is 122 Å². The highest BCUT2D eigenvalue weighted by atomic mass is 32.2. The van der Waals surface area contributed by atoms with Gasteiger partial charge >= 0.3 is 0 Å². The summed E-state index contributed by atoms with van der Waals surface area (Å²) >= 11 is 1.95. The molecule has 0 aromatic heterocycles. The van der Waals surface area contributed by atoms with Crippen molar-refractivity contribution in [2.45, 2.75) is 25.5 Å². The van der Waals surface area contributed by atoms with Gasteiger partial charge in [-0.3, -0.25) is 14.9 Å². The Morgan fingerprint density at radius 3 is 2.90 bits per heavy atom. The SMILES string of the molecule is CCC1CN(c2ccc(C(C)=O)c([N+](=O)[O-])c2)CCS1. The van der Waals surface area contributed by atoms with Crippen LogP contribution in [0.4, 0.5) is 11.4 Å². The van der Waals surface area contributed by atoms with Gasteiger partial charge in [0.15, 0.2) is 5.78 Å². The number of nitro groups is 1. The molecule has 1 saturated heterocycles. The second-order valence-electron chi connectivity index (χ2n) is 4.86. The molecule has 5 nitrogen and oxygen atoms in total. The second-order valence-corrected chi connectivity index (χ2v) is 6.27. The third-order valence-electron chi connectivity index (χ3n) is 3.52. The van der Waals surface area contributed by atoms with Crippen LogP contribution in [0.3, 0.4) is 0 Å². The van der Waals surface area contributed by atoms with E-state index in [4.69, 9.17) is 0 Å². The Morgan fingerprint density at radius 2 is 2.30 bits per heavy atom. The number of Topliss-reactive ketones (excluding diaryl/α,β-unsaturated/α-hetero) is 1. The van der Waals surface area contributed by atoms with Crippen LogP contribution in [0, 0.1) is 10.1 Å². The lowest BCUT2D eigenvalue weighted by molar-refractivity contribution is -0.385. The third-order valence-corrected chi connectivity index (χ3v) is 4.89. The normalized spacial score (nSPS) is 18.9. The van der Waals surface area contributed by atoms with E-state index in [-0.39, 0.29) is 17.0 Å². The van der Waals surface area contributed by atoms with E-state index in [1.807, 2.05) is 17.8 Å². The number of carbonyl (C=O) groups is 1. The summed E-state index contributed by atoms with van der Waals surface area (Å²) in [5, 5.41) is 11.7. The zero-order chi connectivity index (χ0) is 14.7. The number of rotatable bonds is 4. The van der Waals surface area contributed by atoms with Crippen LogP contribution in [0.25, 0.3) is 0 Å². The Hall–Kier alpha value is -1.56. The molecule has 1 unspecified atom stereocenters. The molecule has 0 amide bonds. The van der Waals surface area contributed by atoms with Crippen LogP contribution in [0.1, 0.15) is 30.6 Å². The Bertz CT molecular complexity index is 533. The average molecular weight is 294 g/mol. The van der Waals surface area contributed by atoms with Gasteiger partial charge in [-0.25, -0.2) is 0 Å². The Kier molecular flexibility index (Phi) is 4.65. The van der Waals surface area contributed by atoms with Crippen LogP contribution in [-0.4, -0.2) is 34.8 Å². The smallest absolute Gasteiger partial charge is 0.282 e. The van der Waals surface area contributed by atoms with E-state index in [1.165, 1.54) is 13.0 Å².